The lowest BCUT2D eigenvalue weighted by Gasteiger charge is -2.42. The number of ether oxygens (including phenoxy) is 1. The molecule has 144 valence electrons. The van der Waals surface area contributed by atoms with E-state index in [0.717, 1.165) is 50.4 Å². The van der Waals surface area contributed by atoms with Crippen molar-refractivity contribution >= 4 is 17.3 Å². The third-order valence-electron chi connectivity index (χ3n) is 5.66. The van der Waals surface area contributed by atoms with Crippen molar-refractivity contribution in [1.29, 1.82) is 0 Å². The number of carbonyl (C=O) groups excluding carboxylic acids is 1. The molecule has 0 unspecified atom stereocenters. The van der Waals surface area contributed by atoms with E-state index < -0.39 is 0 Å². The van der Waals surface area contributed by atoms with Crippen LogP contribution in [0.1, 0.15) is 34.9 Å². The fourth-order valence-corrected chi connectivity index (χ4v) is 3.87. The number of methoxy groups -OCH3 is 1. The van der Waals surface area contributed by atoms with E-state index in [1.807, 2.05) is 6.20 Å². The molecular weight excluding hydrogens is 344 g/mol. The Morgan fingerprint density at radius 1 is 1.22 bits per heavy atom. The predicted molar refractivity (Wildman–Crippen MR) is 102 cm³/mol. The molecular formula is C19H26N6O2. The molecule has 27 heavy (non-hydrogen) atoms. The highest BCUT2D eigenvalue weighted by Gasteiger charge is 2.30. The molecule has 0 saturated carbocycles. The SMILES string of the molecule is COC(=O)c1ccncc1Nc1cnn(C2CCN(C3CNC3)CC2)c1C. The number of nitrogens with zero attached hydrogens (tertiary/aromatic N) is 4. The van der Waals surface area contributed by atoms with Crippen LogP contribution < -0.4 is 10.6 Å². The molecule has 4 rings (SSSR count). The van der Waals surface area contributed by atoms with Crippen LogP contribution in [0.5, 0.6) is 0 Å². The lowest BCUT2D eigenvalue weighted by Crippen LogP contribution is -2.58. The molecule has 2 aromatic rings. The molecule has 0 atom stereocenters. The van der Waals surface area contributed by atoms with Crippen LogP contribution in [0.15, 0.2) is 24.7 Å². The van der Waals surface area contributed by atoms with Gasteiger partial charge in [-0.25, -0.2) is 4.79 Å². The van der Waals surface area contributed by atoms with Crippen LogP contribution in [0.2, 0.25) is 0 Å². The molecule has 2 aromatic heterocycles. The van der Waals surface area contributed by atoms with Crippen LogP contribution in [0.3, 0.4) is 0 Å². The molecule has 0 aliphatic carbocycles. The normalized spacial score (nSPS) is 18.9. The van der Waals surface area contributed by atoms with Gasteiger partial charge in [0.05, 0.1) is 48.2 Å². The van der Waals surface area contributed by atoms with Gasteiger partial charge in [0.2, 0.25) is 0 Å². The standard InChI is InChI=1S/C19H26N6O2/c1-13-17(23-18-11-20-6-3-16(18)19(26)27-2)12-22-25(13)14-4-7-24(8-5-14)15-9-21-10-15/h3,6,11-12,14-15,21,23H,4-5,7-10H2,1-2H3. The maximum atomic E-state index is 12.0. The zero-order valence-corrected chi connectivity index (χ0v) is 15.8. The minimum atomic E-state index is -0.386. The fourth-order valence-electron chi connectivity index (χ4n) is 3.87. The van der Waals surface area contributed by atoms with Gasteiger partial charge in [-0.3, -0.25) is 14.6 Å². The Balaban J connectivity index is 1.46. The third-order valence-corrected chi connectivity index (χ3v) is 5.66. The molecule has 0 amide bonds. The molecule has 2 N–H and O–H groups in total. The summed E-state index contributed by atoms with van der Waals surface area (Å²) in [5.41, 5.74) is 3.04. The number of pyridine rings is 1. The summed E-state index contributed by atoms with van der Waals surface area (Å²) in [6, 6.07) is 2.78. The number of piperidine rings is 1. The molecule has 8 heteroatoms. The van der Waals surface area contributed by atoms with Crippen molar-refractivity contribution in [1.82, 2.24) is 25.0 Å². The number of carbonyl (C=O) groups is 1. The second-order valence-electron chi connectivity index (χ2n) is 7.21. The molecule has 4 heterocycles. The van der Waals surface area contributed by atoms with E-state index in [4.69, 9.17) is 4.74 Å². The highest BCUT2D eigenvalue weighted by molar-refractivity contribution is 5.96. The summed E-state index contributed by atoms with van der Waals surface area (Å²) >= 11 is 0. The number of hydrogen-bond acceptors (Lipinski definition) is 7. The largest absolute Gasteiger partial charge is 0.465 e. The van der Waals surface area contributed by atoms with Gasteiger partial charge in [-0.1, -0.05) is 0 Å². The lowest BCUT2D eigenvalue weighted by molar-refractivity contribution is 0.0602. The van der Waals surface area contributed by atoms with Crippen LogP contribution in [-0.2, 0) is 4.74 Å². The van der Waals surface area contributed by atoms with E-state index in [0.29, 0.717) is 23.3 Å². The summed E-state index contributed by atoms with van der Waals surface area (Å²) in [6.45, 7) is 6.54. The van der Waals surface area contributed by atoms with Gasteiger partial charge in [0.15, 0.2) is 0 Å². The first kappa shape index (κ1) is 17.9. The van der Waals surface area contributed by atoms with E-state index >= 15 is 0 Å². The number of aromatic nitrogens is 3. The Hall–Kier alpha value is -2.45. The molecule has 2 aliphatic rings. The summed E-state index contributed by atoms with van der Waals surface area (Å²) < 4.78 is 6.97. The first-order valence-corrected chi connectivity index (χ1v) is 9.45. The summed E-state index contributed by atoms with van der Waals surface area (Å²) in [6.07, 6.45) is 7.26. The van der Waals surface area contributed by atoms with Crippen molar-refractivity contribution in [2.24, 2.45) is 0 Å². The maximum absolute atomic E-state index is 12.0. The first-order valence-electron chi connectivity index (χ1n) is 9.45. The molecule has 8 nitrogen and oxygen atoms in total. The van der Waals surface area contributed by atoms with Crippen molar-refractivity contribution in [3.63, 3.8) is 0 Å². The Kier molecular flexibility index (Phi) is 5.09. The Labute approximate surface area is 158 Å². The Bertz CT molecular complexity index is 808. The predicted octanol–water partition coefficient (Wildman–Crippen LogP) is 1.73. The van der Waals surface area contributed by atoms with Crippen molar-refractivity contribution in [2.45, 2.75) is 31.8 Å². The topological polar surface area (TPSA) is 84.3 Å². The highest BCUT2D eigenvalue weighted by Crippen LogP contribution is 2.29. The van der Waals surface area contributed by atoms with E-state index in [1.54, 1.807) is 18.5 Å². The van der Waals surface area contributed by atoms with Crippen LogP contribution in [0.4, 0.5) is 11.4 Å². The number of likely N-dealkylation sites (tertiary alicyclic amines) is 1. The first-order chi connectivity index (χ1) is 13.2. The van der Waals surface area contributed by atoms with Crippen molar-refractivity contribution in [2.75, 3.05) is 38.6 Å². The second-order valence-corrected chi connectivity index (χ2v) is 7.21. The van der Waals surface area contributed by atoms with Crippen LogP contribution in [0.25, 0.3) is 0 Å². The summed E-state index contributed by atoms with van der Waals surface area (Å²) in [4.78, 5) is 18.7. The quantitative estimate of drug-likeness (QED) is 0.775. The van der Waals surface area contributed by atoms with Crippen molar-refractivity contribution in [3.8, 4) is 0 Å². The lowest BCUT2D eigenvalue weighted by atomic mass is 10.0. The highest BCUT2D eigenvalue weighted by atomic mass is 16.5. The van der Waals surface area contributed by atoms with Crippen LogP contribution >= 0.6 is 0 Å². The molecule has 0 radical (unpaired) electrons. The van der Waals surface area contributed by atoms with Gasteiger partial charge in [0.25, 0.3) is 0 Å². The number of esters is 1. The number of anilines is 2. The van der Waals surface area contributed by atoms with E-state index in [-0.39, 0.29) is 5.97 Å². The summed E-state index contributed by atoms with van der Waals surface area (Å²) in [7, 11) is 1.38. The minimum absolute atomic E-state index is 0.386. The van der Waals surface area contributed by atoms with Crippen LogP contribution in [-0.4, -0.2) is 65.0 Å². The Morgan fingerprint density at radius 2 is 2.00 bits per heavy atom. The molecule has 0 spiro atoms. The van der Waals surface area contributed by atoms with Crippen LogP contribution in [0, 0.1) is 6.92 Å². The van der Waals surface area contributed by atoms with Gasteiger partial charge in [0, 0.05) is 38.4 Å². The average Bonchev–Trinajstić information content (AvgIpc) is 3.01. The summed E-state index contributed by atoms with van der Waals surface area (Å²) in [5.74, 6) is -0.386. The number of hydrogen-bond donors (Lipinski definition) is 2. The molecule has 2 saturated heterocycles. The van der Waals surface area contributed by atoms with E-state index in [9.17, 15) is 4.79 Å². The fraction of sp³-hybridized carbons (Fsp3) is 0.526. The maximum Gasteiger partial charge on any atom is 0.340 e. The van der Waals surface area contributed by atoms with E-state index in [2.05, 4.69) is 37.2 Å². The number of rotatable bonds is 5. The van der Waals surface area contributed by atoms with E-state index in [1.165, 1.54) is 7.11 Å². The molecule has 2 aliphatic heterocycles. The molecule has 2 fully saturated rings. The molecule has 0 aromatic carbocycles. The van der Waals surface area contributed by atoms with Gasteiger partial charge in [-0.05, 0) is 25.8 Å². The van der Waals surface area contributed by atoms with Crippen molar-refractivity contribution in [3.05, 3.63) is 35.9 Å². The minimum Gasteiger partial charge on any atom is -0.465 e. The average molecular weight is 370 g/mol. The van der Waals surface area contributed by atoms with Gasteiger partial charge < -0.3 is 15.4 Å². The smallest absolute Gasteiger partial charge is 0.340 e. The monoisotopic (exact) mass is 370 g/mol. The van der Waals surface area contributed by atoms with Crippen molar-refractivity contribution < 1.29 is 9.53 Å². The Morgan fingerprint density at radius 3 is 2.67 bits per heavy atom. The van der Waals surface area contributed by atoms with Gasteiger partial charge in [-0.15, -0.1) is 0 Å². The zero-order chi connectivity index (χ0) is 18.8. The van der Waals surface area contributed by atoms with Gasteiger partial charge >= 0.3 is 5.97 Å². The second kappa shape index (κ2) is 7.66. The third kappa shape index (κ3) is 3.54. The van der Waals surface area contributed by atoms with Gasteiger partial charge in [0.1, 0.15) is 0 Å². The number of nitrogens with one attached hydrogen (secondary N) is 2. The zero-order valence-electron chi connectivity index (χ0n) is 15.8. The van der Waals surface area contributed by atoms with Gasteiger partial charge in [-0.2, -0.15) is 5.10 Å². The summed E-state index contributed by atoms with van der Waals surface area (Å²) in [5, 5.41) is 11.3. The molecule has 0 bridgehead atoms.